The highest BCUT2D eigenvalue weighted by atomic mass is 16.5. The Morgan fingerprint density at radius 2 is 1.85 bits per heavy atom. The van der Waals surface area contributed by atoms with E-state index in [9.17, 15) is 4.79 Å². The molecule has 0 unspecified atom stereocenters. The van der Waals surface area contributed by atoms with Crippen molar-refractivity contribution >= 4 is 5.97 Å². The van der Waals surface area contributed by atoms with Gasteiger partial charge in [0.1, 0.15) is 0 Å². The first-order chi connectivity index (χ1) is 6.13. The predicted octanol–water partition coefficient (Wildman–Crippen LogP) is 0.487. The molecule has 13 heavy (non-hydrogen) atoms. The summed E-state index contributed by atoms with van der Waals surface area (Å²) >= 11 is 0. The van der Waals surface area contributed by atoms with Crippen LogP contribution >= 0.6 is 0 Å². The maximum Gasteiger partial charge on any atom is 0.333 e. The first-order valence-corrected chi connectivity index (χ1v) is 4.15. The van der Waals surface area contributed by atoms with Gasteiger partial charge in [0.05, 0.1) is 19.8 Å². The van der Waals surface area contributed by atoms with Gasteiger partial charge in [-0.3, -0.25) is 0 Å². The second-order valence-corrected chi connectivity index (χ2v) is 2.14. The lowest BCUT2D eigenvalue weighted by atomic mass is 10.3. The number of allylic oxidation sites excluding steroid dienone is 1. The van der Waals surface area contributed by atoms with Gasteiger partial charge in [0.15, 0.2) is 0 Å². The van der Waals surface area contributed by atoms with Gasteiger partial charge in [0.2, 0.25) is 0 Å². The molecule has 0 aliphatic carbocycles. The van der Waals surface area contributed by atoms with E-state index in [2.05, 4.69) is 4.74 Å². The third kappa shape index (κ3) is 11.1. The summed E-state index contributed by atoms with van der Waals surface area (Å²) in [4.78, 5) is 10.7. The van der Waals surface area contributed by atoms with Gasteiger partial charge in [-0.05, 0) is 20.8 Å². The fourth-order valence-electron chi connectivity index (χ4n) is 0.363. The van der Waals surface area contributed by atoms with Crippen molar-refractivity contribution in [3.63, 3.8) is 0 Å². The van der Waals surface area contributed by atoms with Crippen LogP contribution in [-0.4, -0.2) is 36.0 Å². The number of hydrogen-bond donors (Lipinski definition) is 2. The molecule has 0 spiro atoms. The molecule has 4 heteroatoms. The van der Waals surface area contributed by atoms with Crippen molar-refractivity contribution in [1.29, 1.82) is 0 Å². The van der Waals surface area contributed by atoms with Crippen LogP contribution in [0.2, 0.25) is 0 Å². The molecule has 0 heterocycles. The van der Waals surface area contributed by atoms with Gasteiger partial charge in [0, 0.05) is 5.57 Å². The van der Waals surface area contributed by atoms with Crippen LogP contribution in [0.3, 0.4) is 0 Å². The van der Waals surface area contributed by atoms with Gasteiger partial charge in [-0.25, -0.2) is 4.79 Å². The first-order valence-electron chi connectivity index (χ1n) is 4.15. The Morgan fingerprint density at radius 3 is 2.08 bits per heavy atom. The molecular weight excluding hydrogens is 172 g/mol. The van der Waals surface area contributed by atoms with Crippen LogP contribution in [0, 0.1) is 0 Å². The average molecular weight is 190 g/mol. The van der Waals surface area contributed by atoms with Crippen LogP contribution in [-0.2, 0) is 9.53 Å². The highest BCUT2D eigenvalue weighted by Gasteiger charge is 2.00. The Hall–Kier alpha value is -0.870. The van der Waals surface area contributed by atoms with Gasteiger partial charge in [-0.2, -0.15) is 0 Å². The van der Waals surface area contributed by atoms with E-state index < -0.39 is 0 Å². The number of rotatable bonds is 3. The third-order valence-electron chi connectivity index (χ3n) is 1.13. The van der Waals surface area contributed by atoms with Crippen molar-refractivity contribution in [3.05, 3.63) is 11.6 Å². The zero-order chi connectivity index (χ0) is 10.7. The molecule has 0 saturated heterocycles. The summed E-state index contributed by atoms with van der Waals surface area (Å²) in [5.41, 5.74) is 0.664. The van der Waals surface area contributed by atoms with E-state index in [-0.39, 0.29) is 19.2 Å². The summed E-state index contributed by atoms with van der Waals surface area (Å²) in [6.45, 7) is 5.54. The SMILES string of the molecule is C/C=C(\C)C(=O)OCC.OCCO. The Balaban J connectivity index is 0. The van der Waals surface area contributed by atoms with Crippen molar-refractivity contribution in [2.45, 2.75) is 20.8 Å². The molecule has 0 aliphatic heterocycles. The fraction of sp³-hybridized carbons (Fsp3) is 0.667. The topological polar surface area (TPSA) is 66.8 Å². The maximum absolute atomic E-state index is 10.7. The largest absolute Gasteiger partial charge is 0.463 e. The molecule has 0 amide bonds. The van der Waals surface area contributed by atoms with E-state index >= 15 is 0 Å². The summed E-state index contributed by atoms with van der Waals surface area (Å²) in [6, 6.07) is 0. The minimum Gasteiger partial charge on any atom is -0.463 e. The van der Waals surface area contributed by atoms with Crippen molar-refractivity contribution in [2.75, 3.05) is 19.8 Å². The summed E-state index contributed by atoms with van der Waals surface area (Å²) in [5, 5.41) is 15.2. The molecule has 0 saturated carbocycles. The van der Waals surface area contributed by atoms with Crippen molar-refractivity contribution in [2.24, 2.45) is 0 Å². The third-order valence-corrected chi connectivity index (χ3v) is 1.13. The number of carbonyl (C=O) groups is 1. The van der Waals surface area contributed by atoms with Crippen LogP contribution in [0.15, 0.2) is 11.6 Å². The van der Waals surface area contributed by atoms with Gasteiger partial charge in [0.25, 0.3) is 0 Å². The monoisotopic (exact) mass is 190 g/mol. The van der Waals surface area contributed by atoms with Gasteiger partial charge < -0.3 is 14.9 Å². The minimum atomic E-state index is -0.222. The van der Waals surface area contributed by atoms with E-state index in [4.69, 9.17) is 10.2 Å². The summed E-state index contributed by atoms with van der Waals surface area (Å²) in [5.74, 6) is -0.222. The number of carbonyl (C=O) groups excluding carboxylic acids is 1. The minimum absolute atomic E-state index is 0.125. The Bertz CT molecular complexity index is 150. The molecule has 0 aromatic rings. The summed E-state index contributed by atoms with van der Waals surface area (Å²) < 4.78 is 4.69. The predicted molar refractivity (Wildman–Crippen MR) is 50.2 cm³/mol. The molecule has 0 bridgehead atoms. The lowest BCUT2D eigenvalue weighted by molar-refractivity contribution is -0.138. The van der Waals surface area contributed by atoms with Crippen LogP contribution in [0.4, 0.5) is 0 Å². The Labute approximate surface area is 78.8 Å². The van der Waals surface area contributed by atoms with Crippen molar-refractivity contribution < 1.29 is 19.7 Å². The zero-order valence-corrected chi connectivity index (χ0v) is 8.41. The van der Waals surface area contributed by atoms with Crippen molar-refractivity contribution in [1.82, 2.24) is 0 Å². The molecule has 0 aromatic heterocycles. The highest BCUT2D eigenvalue weighted by molar-refractivity contribution is 5.87. The molecule has 2 N–H and O–H groups in total. The van der Waals surface area contributed by atoms with Crippen LogP contribution in [0.1, 0.15) is 20.8 Å². The van der Waals surface area contributed by atoms with Gasteiger partial charge in [-0.15, -0.1) is 0 Å². The van der Waals surface area contributed by atoms with Crippen LogP contribution in [0.25, 0.3) is 0 Å². The fourth-order valence-corrected chi connectivity index (χ4v) is 0.363. The van der Waals surface area contributed by atoms with Gasteiger partial charge >= 0.3 is 5.97 Å². The normalized spacial score (nSPS) is 10.1. The number of aliphatic hydroxyl groups excluding tert-OH is 2. The summed E-state index contributed by atoms with van der Waals surface area (Å²) in [6.07, 6.45) is 1.73. The summed E-state index contributed by atoms with van der Waals surface area (Å²) in [7, 11) is 0. The van der Waals surface area contributed by atoms with Gasteiger partial charge in [-0.1, -0.05) is 6.08 Å². The molecule has 78 valence electrons. The van der Waals surface area contributed by atoms with Crippen molar-refractivity contribution in [3.8, 4) is 0 Å². The number of hydrogen-bond acceptors (Lipinski definition) is 4. The smallest absolute Gasteiger partial charge is 0.333 e. The molecular formula is C9H18O4. The van der Waals surface area contributed by atoms with E-state index in [0.717, 1.165) is 0 Å². The molecule has 0 rings (SSSR count). The van der Waals surface area contributed by atoms with E-state index in [1.165, 1.54) is 0 Å². The highest BCUT2D eigenvalue weighted by Crippen LogP contribution is 1.94. The van der Waals surface area contributed by atoms with Crippen LogP contribution < -0.4 is 0 Å². The first kappa shape index (κ1) is 14.6. The molecule has 0 radical (unpaired) electrons. The second-order valence-electron chi connectivity index (χ2n) is 2.14. The maximum atomic E-state index is 10.7. The van der Waals surface area contributed by atoms with Crippen LogP contribution in [0.5, 0.6) is 0 Å². The number of ether oxygens (including phenoxy) is 1. The Kier molecular flexibility index (Phi) is 12.5. The second kappa shape index (κ2) is 11.1. The van der Waals surface area contributed by atoms with E-state index in [0.29, 0.717) is 12.2 Å². The molecule has 0 fully saturated rings. The number of esters is 1. The van der Waals surface area contributed by atoms with E-state index in [1.54, 1.807) is 19.9 Å². The molecule has 0 aliphatic rings. The lowest BCUT2D eigenvalue weighted by Gasteiger charge is -1.98. The number of aliphatic hydroxyl groups is 2. The molecule has 0 aromatic carbocycles. The standard InChI is InChI=1S/C7H12O2.C2H6O2/c1-4-6(3)7(8)9-5-2;3-1-2-4/h4H,5H2,1-3H3;3-4H,1-2H2/b6-4+;. The van der Waals surface area contributed by atoms with E-state index in [1.807, 2.05) is 6.92 Å². The quantitative estimate of drug-likeness (QED) is 0.502. The lowest BCUT2D eigenvalue weighted by Crippen LogP contribution is -2.04. The Morgan fingerprint density at radius 1 is 1.38 bits per heavy atom. The average Bonchev–Trinajstić information content (AvgIpc) is 2.17. The molecule has 4 nitrogen and oxygen atoms in total. The zero-order valence-electron chi connectivity index (χ0n) is 8.41. The molecule has 0 atom stereocenters.